The number of hydrogen-bond donors (Lipinski definition) is 0. The Morgan fingerprint density at radius 3 is 2.59 bits per heavy atom. The number of hydrogen-bond acceptors (Lipinski definition) is 5. The molecule has 6 nitrogen and oxygen atoms in total. The molecule has 6 heteroatoms. The molecule has 0 aliphatic carbocycles. The van der Waals surface area contributed by atoms with E-state index in [-0.39, 0.29) is 37.9 Å². The van der Waals surface area contributed by atoms with E-state index >= 15 is 0 Å². The van der Waals surface area contributed by atoms with E-state index < -0.39 is 5.97 Å². The van der Waals surface area contributed by atoms with Gasteiger partial charge in [-0.25, -0.2) is 0 Å². The van der Waals surface area contributed by atoms with Gasteiger partial charge in [0.05, 0.1) is 12.1 Å². The van der Waals surface area contributed by atoms with Crippen molar-refractivity contribution in [3.63, 3.8) is 0 Å². The van der Waals surface area contributed by atoms with Gasteiger partial charge in [0.25, 0.3) is 5.91 Å². The summed E-state index contributed by atoms with van der Waals surface area (Å²) in [5.41, 5.74) is 2.33. The maximum atomic E-state index is 12.3. The van der Waals surface area contributed by atoms with Crippen molar-refractivity contribution in [2.45, 2.75) is 32.6 Å². The Balaban J connectivity index is 1.50. The van der Waals surface area contributed by atoms with E-state index in [0.29, 0.717) is 22.9 Å². The van der Waals surface area contributed by atoms with Crippen LogP contribution < -0.4 is 9.64 Å². The molecule has 0 unspecified atom stereocenters. The molecular weight excluding hydrogens is 370 g/mol. The van der Waals surface area contributed by atoms with Gasteiger partial charge in [-0.15, -0.1) is 0 Å². The molecule has 1 atom stereocenters. The van der Waals surface area contributed by atoms with E-state index in [4.69, 9.17) is 9.47 Å². The third-order valence-electron chi connectivity index (χ3n) is 5.13. The van der Waals surface area contributed by atoms with Gasteiger partial charge in [-0.05, 0) is 30.0 Å². The summed E-state index contributed by atoms with van der Waals surface area (Å²) in [6.07, 6.45) is 1.03. The highest BCUT2D eigenvalue weighted by Crippen LogP contribution is 2.31. The van der Waals surface area contributed by atoms with Crippen molar-refractivity contribution in [3.8, 4) is 5.75 Å². The van der Waals surface area contributed by atoms with Crippen LogP contribution in [0.1, 0.15) is 48.5 Å². The Kier molecular flexibility index (Phi) is 6.65. The topological polar surface area (TPSA) is 72.9 Å². The molecule has 1 aliphatic heterocycles. The quantitative estimate of drug-likeness (QED) is 0.503. The van der Waals surface area contributed by atoms with Gasteiger partial charge in [-0.3, -0.25) is 14.4 Å². The van der Waals surface area contributed by atoms with Gasteiger partial charge < -0.3 is 14.4 Å². The van der Waals surface area contributed by atoms with Gasteiger partial charge in [0, 0.05) is 12.1 Å². The van der Waals surface area contributed by atoms with Gasteiger partial charge in [0.2, 0.25) is 0 Å². The highest BCUT2D eigenvalue weighted by molar-refractivity contribution is 5.99. The molecule has 0 bridgehead atoms. The maximum absolute atomic E-state index is 12.3. The van der Waals surface area contributed by atoms with Crippen molar-refractivity contribution in [1.29, 1.82) is 0 Å². The third-order valence-corrected chi connectivity index (χ3v) is 5.13. The van der Waals surface area contributed by atoms with Crippen LogP contribution >= 0.6 is 0 Å². The van der Waals surface area contributed by atoms with Gasteiger partial charge in [0.15, 0.2) is 19.0 Å². The van der Waals surface area contributed by atoms with E-state index in [1.54, 1.807) is 30.3 Å². The van der Waals surface area contributed by atoms with Crippen LogP contribution in [0.15, 0.2) is 48.5 Å². The second-order valence-corrected chi connectivity index (χ2v) is 7.07. The zero-order valence-corrected chi connectivity index (χ0v) is 16.7. The minimum atomic E-state index is -0.522. The number of ketones is 1. The van der Waals surface area contributed by atoms with Crippen molar-refractivity contribution in [1.82, 2.24) is 0 Å². The fourth-order valence-electron chi connectivity index (χ4n) is 3.14. The molecule has 1 amide bonds. The highest BCUT2D eigenvalue weighted by Gasteiger charge is 2.25. The van der Waals surface area contributed by atoms with E-state index in [1.165, 1.54) is 10.5 Å². The van der Waals surface area contributed by atoms with Gasteiger partial charge in [0.1, 0.15) is 5.75 Å². The standard InChI is InChI=1S/C23H25NO5/c1-3-16(2)17-8-10-18(11-9-17)20(25)14-29-23(27)12-13-24-19-6-4-5-7-21(19)28-15-22(24)26/h4-11,16H,3,12-15H2,1-2H3/t16-/m1/s1. The Bertz CT molecular complexity index is 890. The summed E-state index contributed by atoms with van der Waals surface area (Å²) in [7, 11) is 0. The molecule has 0 aromatic heterocycles. The SMILES string of the molecule is CC[C@@H](C)c1ccc(C(=O)COC(=O)CCN2C(=O)COc3ccccc32)cc1. The first-order chi connectivity index (χ1) is 14.0. The number of carbonyl (C=O) groups is 3. The number of Topliss-reactive ketones (excluding diaryl/α,β-unsaturated/α-hetero) is 1. The number of anilines is 1. The molecule has 0 N–H and O–H groups in total. The number of benzene rings is 2. The summed E-state index contributed by atoms with van der Waals surface area (Å²) in [4.78, 5) is 38.0. The van der Waals surface area contributed by atoms with Crippen LogP contribution in [0.2, 0.25) is 0 Å². The average Bonchev–Trinajstić information content (AvgIpc) is 2.76. The third kappa shape index (κ3) is 5.02. The van der Waals surface area contributed by atoms with Crippen LogP contribution in [0.5, 0.6) is 5.75 Å². The fourth-order valence-corrected chi connectivity index (χ4v) is 3.14. The number of para-hydroxylation sites is 2. The van der Waals surface area contributed by atoms with E-state index in [2.05, 4.69) is 13.8 Å². The monoisotopic (exact) mass is 395 g/mol. The summed E-state index contributed by atoms with van der Waals surface area (Å²) in [6.45, 7) is 4.06. The fraction of sp³-hybridized carbons (Fsp3) is 0.348. The highest BCUT2D eigenvalue weighted by atomic mass is 16.5. The number of nitrogens with zero attached hydrogens (tertiary/aromatic N) is 1. The van der Waals surface area contributed by atoms with Crippen LogP contribution in [0.4, 0.5) is 5.69 Å². The molecule has 1 aliphatic rings. The Hall–Kier alpha value is -3.15. The van der Waals surface area contributed by atoms with Crippen molar-refractivity contribution < 1.29 is 23.9 Å². The summed E-state index contributed by atoms with van der Waals surface area (Å²) < 4.78 is 10.5. The first-order valence-electron chi connectivity index (χ1n) is 9.80. The Labute approximate surface area is 170 Å². The molecule has 0 spiro atoms. The van der Waals surface area contributed by atoms with Gasteiger partial charge in [-0.1, -0.05) is 50.2 Å². The average molecular weight is 395 g/mol. The number of rotatable bonds is 8. The predicted octanol–water partition coefficient (Wildman–Crippen LogP) is 3.74. The smallest absolute Gasteiger partial charge is 0.308 e. The summed E-state index contributed by atoms with van der Waals surface area (Å²) >= 11 is 0. The molecule has 0 saturated heterocycles. The van der Waals surface area contributed by atoms with Crippen molar-refractivity contribution in [2.24, 2.45) is 0 Å². The number of amides is 1. The predicted molar refractivity (Wildman–Crippen MR) is 109 cm³/mol. The van der Waals surface area contributed by atoms with E-state index in [9.17, 15) is 14.4 Å². The normalized spacial score (nSPS) is 14.0. The second kappa shape index (κ2) is 9.37. The first-order valence-corrected chi connectivity index (χ1v) is 9.80. The molecular formula is C23H25NO5. The molecule has 0 radical (unpaired) electrons. The summed E-state index contributed by atoms with van der Waals surface area (Å²) in [5.74, 6) is 0.0589. The summed E-state index contributed by atoms with van der Waals surface area (Å²) in [6, 6.07) is 14.6. The molecule has 1 heterocycles. The van der Waals surface area contributed by atoms with E-state index in [0.717, 1.165) is 6.42 Å². The van der Waals surface area contributed by atoms with Crippen molar-refractivity contribution >= 4 is 23.3 Å². The van der Waals surface area contributed by atoms with Gasteiger partial charge >= 0.3 is 5.97 Å². The molecule has 2 aromatic rings. The molecule has 152 valence electrons. The van der Waals surface area contributed by atoms with Crippen molar-refractivity contribution in [3.05, 3.63) is 59.7 Å². The zero-order chi connectivity index (χ0) is 20.8. The zero-order valence-electron chi connectivity index (χ0n) is 16.7. The van der Waals surface area contributed by atoms with Crippen molar-refractivity contribution in [2.75, 3.05) is 24.7 Å². The molecule has 0 saturated carbocycles. The Morgan fingerprint density at radius 1 is 1.14 bits per heavy atom. The maximum Gasteiger partial charge on any atom is 0.308 e. The van der Waals surface area contributed by atoms with Crippen LogP contribution in [0.3, 0.4) is 0 Å². The lowest BCUT2D eigenvalue weighted by molar-refractivity contribution is -0.142. The van der Waals surface area contributed by atoms with E-state index in [1.807, 2.05) is 18.2 Å². The lowest BCUT2D eigenvalue weighted by Crippen LogP contribution is -2.40. The minimum Gasteiger partial charge on any atom is -0.482 e. The lowest BCUT2D eigenvalue weighted by Gasteiger charge is -2.28. The van der Waals surface area contributed by atoms with Crippen LogP contribution in [-0.2, 0) is 14.3 Å². The molecule has 0 fully saturated rings. The first kappa shape index (κ1) is 20.6. The number of fused-ring (bicyclic) bond motifs is 1. The number of ether oxygens (including phenoxy) is 2. The van der Waals surface area contributed by atoms with Crippen LogP contribution in [0.25, 0.3) is 0 Å². The molecule has 29 heavy (non-hydrogen) atoms. The lowest BCUT2D eigenvalue weighted by atomic mass is 9.97. The van der Waals surface area contributed by atoms with Crippen LogP contribution in [0, 0.1) is 0 Å². The largest absolute Gasteiger partial charge is 0.482 e. The van der Waals surface area contributed by atoms with Gasteiger partial charge in [-0.2, -0.15) is 0 Å². The second-order valence-electron chi connectivity index (χ2n) is 7.07. The number of carbonyl (C=O) groups excluding carboxylic acids is 3. The molecule has 2 aromatic carbocycles. The Morgan fingerprint density at radius 2 is 1.86 bits per heavy atom. The molecule has 3 rings (SSSR count). The van der Waals surface area contributed by atoms with Crippen LogP contribution in [-0.4, -0.2) is 37.4 Å². The minimum absolute atomic E-state index is 0.000304. The summed E-state index contributed by atoms with van der Waals surface area (Å²) in [5, 5.41) is 0. The number of esters is 1.